The Balaban J connectivity index is 1.32. The molecule has 1 aliphatic carbocycles. The summed E-state index contributed by atoms with van der Waals surface area (Å²) in [6.07, 6.45) is -2.06. The van der Waals surface area contributed by atoms with Gasteiger partial charge in [0.1, 0.15) is 5.75 Å². The Morgan fingerprint density at radius 1 is 1.18 bits per heavy atom. The Morgan fingerprint density at radius 2 is 1.91 bits per heavy atom. The van der Waals surface area contributed by atoms with Crippen LogP contribution in [0, 0.1) is 18.8 Å². The maximum absolute atomic E-state index is 13.1. The van der Waals surface area contributed by atoms with E-state index in [1.54, 1.807) is 6.07 Å². The Hall–Kier alpha value is -2.54. The quantitative estimate of drug-likeness (QED) is 0.494. The van der Waals surface area contributed by atoms with Gasteiger partial charge in [0.2, 0.25) is 0 Å². The van der Waals surface area contributed by atoms with Gasteiger partial charge in [-0.3, -0.25) is 9.69 Å². The van der Waals surface area contributed by atoms with Crippen molar-refractivity contribution in [1.82, 2.24) is 4.90 Å². The van der Waals surface area contributed by atoms with Gasteiger partial charge in [-0.1, -0.05) is 18.2 Å². The second-order valence-electron chi connectivity index (χ2n) is 9.49. The molecule has 7 heteroatoms. The molecule has 0 aromatic heterocycles. The molecule has 0 spiro atoms. The molecule has 2 aromatic rings. The number of hydrogen-bond donors (Lipinski definition) is 1. The first-order valence-corrected chi connectivity index (χ1v) is 11.5. The number of hydrogen-bond acceptors (Lipinski definition) is 3. The average Bonchev–Trinajstić information content (AvgIpc) is 3.55. The van der Waals surface area contributed by atoms with Gasteiger partial charge in [-0.2, -0.15) is 13.2 Å². The summed E-state index contributed by atoms with van der Waals surface area (Å²) in [5.41, 5.74) is 1.98. The number of nitrogens with zero attached hydrogens (tertiary/aromatic N) is 1. The molecule has 1 heterocycles. The van der Waals surface area contributed by atoms with E-state index >= 15 is 0 Å². The van der Waals surface area contributed by atoms with Crippen LogP contribution in [0.4, 0.5) is 13.2 Å². The van der Waals surface area contributed by atoms with Crippen molar-refractivity contribution in [2.75, 3.05) is 19.7 Å². The van der Waals surface area contributed by atoms with E-state index < -0.39 is 17.7 Å². The monoisotopic (exact) mass is 461 g/mol. The number of aryl methyl sites for hydroxylation is 1. The molecule has 4 rings (SSSR count). The first-order valence-electron chi connectivity index (χ1n) is 11.5. The Morgan fingerprint density at radius 3 is 2.55 bits per heavy atom. The maximum Gasteiger partial charge on any atom is 0.416 e. The molecule has 2 fully saturated rings. The number of alkyl halides is 3. The number of rotatable bonds is 9. The topological polar surface area (TPSA) is 49.8 Å². The van der Waals surface area contributed by atoms with Crippen LogP contribution in [0.3, 0.4) is 0 Å². The zero-order valence-electron chi connectivity index (χ0n) is 18.9. The first kappa shape index (κ1) is 23.6. The zero-order chi connectivity index (χ0) is 23.8. The van der Waals surface area contributed by atoms with Crippen molar-refractivity contribution in [2.24, 2.45) is 11.8 Å². The number of aliphatic carboxylic acids is 1. The molecule has 2 aromatic carbocycles. The molecule has 2 atom stereocenters. The summed E-state index contributed by atoms with van der Waals surface area (Å²) in [6, 6.07) is 11.6. The van der Waals surface area contributed by atoms with Crippen LogP contribution < -0.4 is 4.74 Å². The van der Waals surface area contributed by atoms with E-state index in [2.05, 4.69) is 4.90 Å². The minimum absolute atomic E-state index is 0.0294. The third-order valence-corrected chi connectivity index (χ3v) is 6.95. The van der Waals surface area contributed by atoms with Crippen molar-refractivity contribution >= 4 is 5.97 Å². The lowest BCUT2D eigenvalue weighted by Gasteiger charge is -2.43. The Labute approximate surface area is 192 Å². The zero-order valence-corrected chi connectivity index (χ0v) is 18.9. The second-order valence-corrected chi connectivity index (χ2v) is 9.49. The summed E-state index contributed by atoms with van der Waals surface area (Å²) in [7, 11) is 0. The largest absolute Gasteiger partial charge is 0.493 e. The first-order chi connectivity index (χ1) is 15.6. The SMILES string of the molecule is Cc1ccc(C(F)(F)F)cc1C(C)N1CC(COc2cccc([C@@H](CC(=O)O)C3CC3)c2)C1. The second kappa shape index (κ2) is 9.37. The number of halogens is 3. The van der Waals surface area contributed by atoms with Crippen molar-refractivity contribution in [3.8, 4) is 5.75 Å². The third kappa shape index (κ3) is 5.69. The number of carboxylic acids is 1. The van der Waals surface area contributed by atoms with Gasteiger partial charge in [0, 0.05) is 25.0 Å². The lowest BCUT2D eigenvalue weighted by atomic mass is 9.91. The third-order valence-electron chi connectivity index (χ3n) is 6.95. The molecule has 33 heavy (non-hydrogen) atoms. The molecule has 0 amide bonds. The van der Waals surface area contributed by atoms with Crippen molar-refractivity contribution < 1.29 is 27.8 Å². The Bertz CT molecular complexity index is 997. The molecule has 1 unspecified atom stereocenters. The summed E-state index contributed by atoms with van der Waals surface area (Å²) in [4.78, 5) is 13.4. The van der Waals surface area contributed by atoms with Crippen LogP contribution in [-0.4, -0.2) is 35.7 Å². The van der Waals surface area contributed by atoms with Crippen molar-refractivity contribution in [2.45, 2.75) is 51.2 Å². The fourth-order valence-corrected chi connectivity index (χ4v) is 4.79. The highest BCUT2D eigenvalue weighted by molar-refractivity contribution is 5.68. The van der Waals surface area contributed by atoms with Gasteiger partial charge < -0.3 is 9.84 Å². The van der Waals surface area contributed by atoms with Crippen molar-refractivity contribution in [3.05, 3.63) is 64.7 Å². The van der Waals surface area contributed by atoms with E-state index in [1.807, 2.05) is 38.1 Å². The predicted octanol–water partition coefficient (Wildman–Crippen LogP) is 6.05. The lowest BCUT2D eigenvalue weighted by molar-refractivity contribution is -0.138. The number of likely N-dealkylation sites (tertiary alicyclic amines) is 1. The molecule has 0 bridgehead atoms. The molecule has 2 aliphatic rings. The number of benzene rings is 2. The summed E-state index contributed by atoms with van der Waals surface area (Å²) in [6.45, 7) is 5.85. The van der Waals surface area contributed by atoms with Gasteiger partial charge in [-0.15, -0.1) is 0 Å². The molecular formula is C26H30F3NO3. The number of carbonyl (C=O) groups is 1. The fraction of sp³-hybridized carbons (Fsp3) is 0.500. The summed E-state index contributed by atoms with van der Waals surface area (Å²) < 4.78 is 45.3. The molecule has 0 radical (unpaired) electrons. The molecule has 1 saturated heterocycles. The smallest absolute Gasteiger partial charge is 0.416 e. The van der Waals surface area contributed by atoms with Crippen molar-refractivity contribution in [1.29, 1.82) is 0 Å². The predicted molar refractivity (Wildman–Crippen MR) is 119 cm³/mol. The van der Waals surface area contributed by atoms with Crippen LogP contribution in [0.2, 0.25) is 0 Å². The van der Waals surface area contributed by atoms with Gasteiger partial charge in [0.25, 0.3) is 0 Å². The van der Waals surface area contributed by atoms with E-state index in [0.29, 0.717) is 24.0 Å². The summed E-state index contributed by atoms with van der Waals surface area (Å²) in [5, 5.41) is 9.24. The summed E-state index contributed by atoms with van der Waals surface area (Å²) in [5.74, 6) is 0.737. The van der Waals surface area contributed by atoms with Crippen LogP contribution in [0.1, 0.15) is 60.4 Å². The number of carboxylic acid groups (broad SMARTS) is 1. The van der Waals surface area contributed by atoms with Crippen LogP contribution >= 0.6 is 0 Å². The van der Waals surface area contributed by atoms with Crippen LogP contribution in [0.5, 0.6) is 5.75 Å². The van der Waals surface area contributed by atoms with E-state index in [-0.39, 0.29) is 18.4 Å². The van der Waals surface area contributed by atoms with E-state index in [0.717, 1.165) is 48.9 Å². The van der Waals surface area contributed by atoms with Crippen LogP contribution in [-0.2, 0) is 11.0 Å². The van der Waals surface area contributed by atoms with E-state index in [1.165, 1.54) is 6.07 Å². The standard InChI is InChI=1S/C26H30F3NO3/c1-16-6-9-21(26(27,28)29)11-23(16)17(2)30-13-18(14-30)15-33-22-5-3-4-20(10-22)24(12-25(31)32)19-7-8-19/h3-6,9-11,17-19,24H,7-8,12-15H2,1-2H3,(H,31,32)/t17?,24-/m0/s1. The van der Waals surface area contributed by atoms with Crippen LogP contribution in [0.25, 0.3) is 0 Å². The summed E-state index contributed by atoms with van der Waals surface area (Å²) >= 11 is 0. The molecule has 4 nitrogen and oxygen atoms in total. The maximum atomic E-state index is 13.1. The lowest BCUT2D eigenvalue weighted by Crippen LogP contribution is -2.50. The van der Waals surface area contributed by atoms with Gasteiger partial charge in [0.15, 0.2) is 0 Å². The molecule has 1 aliphatic heterocycles. The van der Waals surface area contributed by atoms with Gasteiger partial charge in [0.05, 0.1) is 18.6 Å². The highest BCUT2D eigenvalue weighted by Crippen LogP contribution is 2.45. The Kier molecular flexibility index (Phi) is 6.71. The normalized spacial score (nSPS) is 19.1. The highest BCUT2D eigenvalue weighted by Gasteiger charge is 2.36. The van der Waals surface area contributed by atoms with Gasteiger partial charge >= 0.3 is 12.1 Å². The van der Waals surface area contributed by atoms with Crippen LogP contribution in [0.15, 0.2) is 42.5 Å². The van der Waals surface area contributed by atoms with Crippen molar-refractivity contribution in [3.63, 3.8) is 0 Å². The molecule has 1 N–H and O–H groups in total. The van der Waals surface area contributed by atoms with Gasteiger partial charge in [-0.05, 0) is 79.5 Å². The molecular weight excluding hydrogens is 431 g/mol. The van der Waals surface area contributed by atoms with E-state index in [4.69, 9.17) is 4.74 Å². The molecule has 178 valence electrons. The number of ether oxygens (including phenoxy) is 1. The van der Waals surface area contributed by atoms with Gasteiger partial charge in [-0.25, -0.2) is 0 Å². The minimum atomic E-state index is -4.34. The molecule has 1 saturated carbocycles. The average molecular weight is 462 g/mol. The highest BCUT2D eigenvalue weighted by atomic mass is 19.4. The van der Waals surface area contributed by atoms with E-state index in [9.17, 15) is 23.1 Å². The fourth-order valence-electron chi connectivity index (χ4n) is 4.79. The minimum Gasteiger partial charge on any atom is -0.493 e.